The molecule has 0 fully saturated rings. The van der Waals surface area contributed by atoms with Gasteiger partial charge in [-0.1, -0.05) is 51.4 Å². The molecule has 0 unspecified atom stereocenters. The van der Waals surface area contributed by atoms with Gasteiger partial charge in [0, 0.05) is 15.1 Å². The maximum absolute atomic E-state index is 9.65. The number of nitrogens with two attached hydrogens (primary N) is 2. The van der Waals surface area contributed by atoms with Crippen LogP contribution in [-0.4, -0.2) is 0 Å². The van der Waals surface area contributed by atoms with Gasteiger partial charge >= 0.3 is 0 Å². The molecule has 0 spiro atoms. The summed E-state index contributed by atoms with van der Waals surface area (Å²) in [6.07, 6.45) is 0. The first-order valence-electron chi connectivity index (χ1n) is 8.08. The zero-order valence-corrected chi connectivity index (χ0v) is 17.6. The number of hydrogen-bond donors (Lipinski definition) is 2. The van der Waals surface area contributed by atoms with Crippen LogP contribution >= 0.6 is 39.3 Å². The van der Waals surface area contributed by atoms with Crippen LogP contribution in [0.25, 0.3) is 0 Å². The van der Waals surface area contributed by atoms with Gasteiger partial charge in [0.25, 0.3) is 0 Å². The summed E-state index contributed by atoms with van der Waals surface area (Å²) in [6, 6.07) is 17.0. The fraction of sp³-hybridized carbons (Fsp3) is 0.100. The van der Waals surface area contributed by atoms with E-state index in [9.17, 15) is 10.5 Å². The molecule has 0 aromatic heterocycles. The minimum Gasteiger partial charge on any atom is -0.489 e. The predicted molar refractivity (Wildman–Crippen MR) is 114 cm³/mol. The second-order valence-corrected chi connectivity index (χ2v) is 8.35. The van der Waals surface area contributed by atoms with Crippen LogP contribution < -0.4 is 16.2 Å². The molecular weight excluding hydrogens is 460 g/mol. The molecule has 4 N–H and O–H groups in total. The van der Waals surface area contributed by atoms with E-state index in [2.05, 4.69) is 28.1 Å². The van der Waals surface area contributed by atoms with Crippen LogP contribution in [0.4, 0.5) is 0 Å². The van der Waals surface area contributed by atoms with E-state index in [-0.39, 0.29) is 21.2 Å². The number of rotatable bonds is 4. The van der Waals surface area contributed by atoms with Gasteiger partial charge in [0.15, 0.2) is 0 Å². The second-order valence-electron chi connectivity index (χ2n) is 5.91. The van der Waals surface area contributed by atoms with Crippen LogP contribution in [0.15, 0.2) is 68.1 Å². The van der Waals surface area contributed by atoms with Crippen molar-refractivity contribution in [2.75, 3.05) is 0 Å². The summed E-state index contributed by atoms with van der Waals surface area (Å²) >= 11 is 10.4. The van der Waals surface area contributed by atoms with E-state index in [0.29, 0.717) is 22.9 Å². The van der Waals surface area contributed by atoms with Gasteiger partial charge in [0.2, 0.25) is 0 Å². The molecule has 0 saturated heterocycles. The smallest absolute Gasteiger partial charge is 0.124 e. The van der Waals surface area contributed by atoms with Crippen LogP contribution in [0.5, 0.6) is 5.75 Å². The fourth-order valence-corrected chi connectivity index (χ4v) is 4.11. The Morgan fingerprint density at radius 1 is 1.04 bits per heavy atom. The van der Waals surface area contributed by atoms with Gasteiger partial charge in [-0.05, 0) is 35.9 Å². The number of benzene rings is 2. The van der Waals surface area contributed by atoms with Crippen molar-refractivity contribution in [2.45, 2.75) is 12.5 Å². The second kappa shape index (κ2) is 8.62. The third-order valence-electron chi connectivity index (χ3n) is 4.16. The van der Waals surface area contributed by atoms with Crippen molar-refractivity contribution in [1.29, 1.82) is 10.5 Å². The fourth-order valence-electron chi connectivity index (χ4n) is 2.83. The Bertz CT molecular complexity index is 1030. The monoisotopic (exact) mass is 472 g/mol. The summed E-state index contributed by atoms with van der Waals surface area (Å²) in [5.74, 6) is -0.148. The van der Waals surface area contributed by atoms with Crippen LogP contribution in [-0.2, 0) is 6.61 Å². The summed E-state index contributed by atoms with van der Waals surface area (Å²) in [6.45, 7) is 0.301. The highest BCUT2D eigenvalue weighted by Gasteiger charge is 2.33. The Balaban J connectivity index is 2.04. The standard InChI is InChI=1S/C20H14BrClN4OS/c21-12-3-6-17(27-10-11-1-4-13(22)5-2-11)14(7-12)18-15(8-23)19(25)28-20(26)16(18)9-24/h1-7,18H,10,25-26H2. The highest BCUT2D eigenvalue weighted by Crippen LogP contribution is 2.46. The van der Waals surface area contributed by atoms with E-state index < -0.39 is 5.92 Å². The first kappa shape index (κ1) is 20.2. The highest BCUT2D eigenvalue weighted by molar-refractivity contribution is 9.10. The Hall–Kier alpha value is -2.58. The molecule has 0 bridgehead atoms. The molecule has 0 saturated carbocycles. The van der Waals surface area contributed by atoms with Crippen molar-refractivity contribution in [1.82, 2.24) is 0 Å². The predicted octanol–water partition coefficient (Wildman–Crippen LogP) is 4.90. The van der Waals surface area contributed by atoms with Crippen LogP contribution in [0.3, 0.4) is 0 Å². The van der Waals surface area contributed by atoms with E-state index >= 15 is 0 Å². The van der Waals surface area contributed by atoms with E-state index in [0.717, 1.165) is 21.8 Å². The SMILES string of the molecule is N#CC1=C(N)SC(N)=C(C#N)C1c1cc(Br)ccc1OCc1ccc(Cl)cc1. The lowest BCUT2D eigenvalue weighted by atomic mass is 9.85. The highest BCUT2D eigenvalue weighted by atomic mass is 79.9. The summed E-state index contributed by atoms with van der Waals surface area (Å²) in [7, 11) is 0. The number of ether oxygens (including phenoxy) is 1. The normalized spacial score (nSPS) is 14.6. The number of halogens is 2. The molecule has 0 atom stereocenters. The molecule has 2 aromatic carbocycles. The minimum absolute atomic E-state index is 0.283. The molecule has 0 aliphatic carbocycles. The van der Waals surface area contributed by atoms with E-state index in [1.165, 1.54) is 0 Å². The average Bonchev–Trinajstić information content (AvgIpc) is 2.67. The van der Waals surface area contributed by atoms with Gasteiger partial charge in [-0.3, -0.25) is 0 Å². The largest absolute Gasteiger partial charge is 0.489 e. The Labute approximate surface area is 180 Å². The Morgan fingerprint density at radius 3 is 2.21 bits per heavy atom. The van der Waals surface area contributed by atoms with Gasteiger partial charge in [0.05, 0.1) is 39.3 Å². The topological polar surface area (TPSA) is 109 Å². The number of allylic oxidation sites excluding steroid dienone is 2. The summed E-state index contributed by atoms with van der Waals surface area (Å²) < 4.78 is 6.79. The zero-order valence-electron chi connectivity index (χ0n) is 14.4. The number of nitriles is 2. The summed E-state index contributed by atoms with van der Waals surface area (Å²) in [5, 5.41) is 20.5. The van der Waals surface area contributed by atoms with E-state index in [1.54, 1.807) is 18.2 Å². The molecule has 3 rings (SSSR count). The summed E-state index contributed by atoms with van der Waals surface area (Å²) in [4.78, 5) is 0. The first-order chi connectivity index (χ1) is 13.4. The Morgan fingerprint density at radius 2 is 1.64 bits per heavy atom. The molecule has 140 valence electrons. The molecule has 0 amide bonds. The lowest BCUT2D eigenvalue weighted by molar-refractivity contribution is 0.302. The summed E-state index contributed by atoms with van der Waals surface area (Å²) in [5.41, 5.74) is 14.2. The molecule has 2 aromatic rings. The van der Waals surface area contributed by atoms with Gasteiger partial charge in [0.1, 0.15) is 12.4 Å². The number of hydrogen-bond acceptors (Lipinski definition) is 6. The molecule has 1 aliphatic heterocycles. The van der Waals surface area contributed by atoms with Gasteiger partial charge < -0.3 is 16.2 Å². The molecule has 5 nitrogen and oxygen atoms in total. The quantitative estimate of drug-likeness (QED) is 0.653. The van der Waals surface area contributed by atoms with Crippen LogP contribution in [0, 0.1) is 22.7 Å². The molecule has 8 heteroatoms. The van der Waals surface area contributed by atoms with Gasteiger partial charge in [-0.2, -0.15) is 10.5 Å². The molecular formula is C20H14BrClN4OS. The Kier molecular flexibility index (Phi) is 6.21. The maximum Gasteiger partial charge on any atom is 0.124 e. The van der Waals surface area contributed by atoms with Crippen LogP contribution in [0.1, 0.15) is 17.0 Å². The minimum atomic E-state index is -0.686. The molecule has 1 heterocycles. The lowest BCUT2D eigenvalue weighted by Gasteiger charge is -2.25. The van der Waals surface area contributed by atoms with Crippen molar-refractivity contribution >= 4 is 39.3 Å². The first-order valence-corrected chi connectivity index (χ1v) is 10.1. The third-order valence-corrected chi connectivity index (χ3v) is 5.78. The van der Waals surface area contributed by atoms with E-state index in [4.69, 9.17) is 27.8 Å². The van der Waals surface area contributed by atoms with Gasteiger partial charge in [-0.15, -0.1) is 0 Å². The van der Waals surface area contributed by atoms with E-state index in [1.807, 2.05) is 24.3 Å². The van der Waals surface area contributed by atoms with Gasteiger partial charge in [-0.25, -0.2) is 0 Å². The van der Waals surface area contributed by atoms with Crippen molar-refractivity contribution in [2.24, 2.45) is 11.5 Å². The van der Waals surface area contributed by atoms with Crippen molar-refractivity contribution in [3.63, 3.8) is 0 Å². The number of thioether (sulfide) groups is 1. The lowest BCUT2D eigenvalue weighted by Crippen LogP contribution is -2.19. The average molecular weight is 474 g/mol. The molecule has 0 radical (unpaired) electrons. The third kappa shape index (κ3) is 4.13. The number of nitrogens with zero attached hydrogens (tertiary/aromatic N) is 2. The van der Waals surface area contributed by atoms with Crippen molar-refractivity contribution in [3.05, 3.63) is 84.3 Å². The van der Waals surface area contributed by atoms with Crippen molar-refractivity contribution < 1.29 is 4.74 Å². The van der Waals surface area contributed by atoms with Crippen LogP contribution in [0.2, 0.25) is 5.02 Å². The molecule has 1 aliphatic rings. The molecule has 28 heavy (non-hydrogen) atoms. The zero-order chi connectivity index (χ0) is 20.3. The van der Waals surface area contributed by atoms with Crippen molar-refractivity contribution in [3.8, 4) is 17.9 Å². The maximum atomic E-state index is 9.65.